The molecule has 80 valence electrons. The Labute approximate surface area is 87.9 Å². The minimum Gasteiger partial charge on any atom is -0.504 e. The smallest absolute Gasteiger partial charge is 0.162 e. The van der Waals surface area contributed by atoms with E-state index in [1.807, 2.05) is 0 Å². The number of phenols is 1. The highest BCUT2D eigenvalue weighted by molar-refractivity contribution is 5.88. The summed E-state index contributed by atoms with van der Waals surface area (Å²) in [7, 11) is 1.49. The van der Waals surface area contributed by atoms with Crippen LogP contribution in [0.15, 0.2) is 18.2 Å². The molecule has 1 atom stereocenters. The van der Waals surface area contributed by atoms with Gasteiger partial charge in [-0.2, -0.15) is 0 Å². The molecule has 0 saturated carbocycles. The fourth-order valence-electron chi connectivity index (χ4n) is 1.82. The topological polar surface area (TPSA) is 58.6 Å². The van der Waals surface area contributed by atoms with Crippen LogP contribution in [-0.2, 0) is 4.79 Å². The molecule has 4 nitrogen and oxygen atoms in total. The van der Waals surface area contributed by atoms with Crippen molar-refractivity contribution in [3.8, 4) is 11.5 Å². The number of nitrogens with one attached hydrogen (secondary N) is 1. The van der Waals surface area contributed by atoms with E-state index in [0.717, 1.165) is 0 Å². The summed E-state index contributed by atoms with van der Waals surface area (Å²) in [5.41, 5.74) is 0.594. The molecule has 1 aliphatic heterocycles. The third-order valence-corrected chi connectivity index (χ3v) is 2.60. The third-order valence-electron chi connectivity index (χ3n) is 2.60. The van der Waals surface area contributed by atoms with Crippen molar-refractivity contribution in [3.63, 3.8) is 0 Å². The predicted molar refractivity (Wildman–Crippen MR) is 55.0 cm³/mol. The molecule has 1 aromatic carbocycles. The van der Waals surface area contributed by atoms with Gasteiger partial charge in [-0.05, 0) is 6.07 Å². The Bertz CT molecular complexity index is 389. The van der Waals surface area contributed by atoms with Gasteiger partial charge in [0.2, 0.25) is 0 Å². The van der Waals surface area contributed by atoms with Crippen LogP contribution < -0.4 is 10.1 Å². The highest BCUT2D eigenvalue weighted by Crippen LogP contribution is 2.35. The molecule has 4 heteroatoms. The second-order valence-electron chi connectivity index (χ2n) is 3.50. The molecular formula is C11H13NO3. The Balaban J connectivity index is 2.39. The van der Waals surface area contributed by atoms with Crippen LogP contribution in [0.25, 0.3) is 0 Å². The molecule has 2 rings (SSSR count). The van der Waals surface area contributed by atoms with Gasteiger partial charge in [-0.3, -0.25) is 4.79 Å². The summed E-state index contributed by atoms with van der Waals surface area (Å²) in [4.78, 5) is 11.5. The second kappa shape index (κ2) is 3.90. The number of ether oxygens (including phenoxy) is 1. The standard InChI is InChI=1S/C11H13NO3/c1-15-9-4-2-3-7(11(9)14)10-8(13)5-6-12-10/h2-4,10,12,14H,5-6H2,1H3. The maximum atomic E-state index is 11.5. The first-order valence-corrected chi connectivity index (χ1v) is 4.86. The van der Waals surface area contributed by atoms with E-state index in [0.29, 0.717) is 24.3 Å². The van der Waals surface area contributed by atoms with Gasteiger partial charge in [0, 0.05) is 18.5 Å². The first-order valence-electron chi connectivity index (χ1n) is 4.86. The van der Waals surface area contributed by atoms with Gasteiger partial charge in [0.05, 0.1) is 13.2 Å². The van der Waals surface area contributed by atoms with Crippen molar-refractivity contribution >= 4 is 5.78 Å². The summed E-state index contributed by atoms with van der Waals surface area (Å²) in [6.45, 7) is 0.667. The average molecular weight is 207 g/mol. The lowest BCUT2D eigenvalue weighted by Crippen LogP contribution is -2.17. The molecule has 1 fully saturated rings. The molecule has 1 unspecified atom stereocenters. The zero-order chi connectivity index (χ0) is 10.8. The molecule has 15 heavy (non-hydrogen) atoms. The summed E-state index contributed by atoms with van der Waals surface area (Å²) in [6.07, 6.45) is 0.515. The summed E-state index contributed by atoms with van der Waals surface area (Å²) < 4.78 is 4.99. The maximum absolute atomic E-state index is 11.5. The Morgan fingerprint density at radius 1 is 1.53 bits per heavy atom. The SMILES string of the molecule is COc1cccc(C2NCCC2=O)c1O. The van der Waals surface area contributed by atoms with E-state index in [1.54, 1.807) is 18.2 Å². The maximum Gasteiger partial charge on any atom is 0.162 e. The van der Waals surface area contributed by atoms with Gasteiger partial charge in [0.15, 0.2) is 17.3 Å². The van der Waals surface area contributed by atoms with Gasteiger partial charge in [-0.15, -0.1) is 0 Å². The van der Waals surface area contributed by atoms with Gasteiger partial charge in [-0.25, -0.2) is 0 Å². The molecule has 1 aromatic rings. The van der Waals surface area contributed by atoms with E-state index in [9.17, 15) is 9.90 Å². The average Bonchev–Trinajstić information content (AvgIpc) is 2.65. The predicted octanol–water partition coefficient (Wildman–Crippen LogP) is 1.00. The highest BCUT2D eigenvalue weighted by Gasteiger charge is 2.28. The van der Waals surface area contributed by atoms with Crippen molar-refractivity contribution in [2.24, 2.45) is 0 Å². The van der Waals surface area contributed by atoms with E-state index in [4.69, 9.17) is 4.74 Å². The Hall–Kier alpha value is -1.55. The van der Waals surface area contributed by atoms with E-state index in [2.05, 4.69) is 5.32 Å². The Kier molecular flexibility index (Phi) is 2.60. The molecule has 0 radical (unpaired) electrons. The second-order valence-corrected chi connectivity index (χ2v) is 3.50. The number of rotatable bonds is 2. The van der Waals surface area contributed by atoms with E-state index >= 15 is 0 Å². The molecular weight excluding hydrogens is 194 g/mol. The fraction of sp³-hybridized carbons (Fsp3) is 0.364. The minimum absolute atomic E-state index is 0.0488. The number of benzene rings is 1. The van der Waals surface area contributed by atoms with Gasteiger partial charge in [-0.1, -0.05) is 12.1 Å². The van der Waals surface area contributed by atoms with Crippen LogP contribution in [-0.4, -0.2) is 24.5 Å². The van der Waals surface area contributed by atoms with E-state index in [1.165, 1.54) is 7.11 Å². The quantitative estimate of drug-likeness (QED) is 0.759. The summed E-state index contributed by atoms with van der Waals surface area (Å²) in [6, 6.07) is 4.78. The van der Waals surface area contributed by atoms with E-state index < -0.39 is 0 Å². The van der Waals surface area contributed by atoms with Crippen molar-refractivity contribution in [2.75, 3.05) is 13.7 Å². The molecule has 1 saturated heterocycles. The minimum atomic E-state index is -0.389. The molecule has 1 heterocycles. The molecule has 0 aromatic heterocycles. The number of carbonyl (C=O) groups is 1. The Morgan fingerprint density at radius 2 is 2.33 bits per heavy atom. The normalized spacial score (nSPS) is 20.6. The number of aromatic hydroxyl groups is 1. The zero-order valence-corrected chi connectivity index (χ0v) is 8.49. The zero-order valence-electron chi connectivity index (χ0n) is 8.49. The van der Waals surface area contributed by atoms with Gasteiger partial charge < -0.3 is 15.2 Å². The number of para-hydroxylation sites is 1. The lowest BCUT2D eigenvalue weighted by atomic mass is 10.0. The van der Waals surface area contributed by atoms with Gasteiger partial charge >= 0.3 is 0 Å². The first-order chi connectivity index (χ1) is 7.24. The van der Waals surface area contributed by atoms with Gasteiger partial charge in [0.25, 0.3) is 0 Å². The number of hydrogen-bond acceptors (Lipinski definition) is 4. The lowest BCUT2D eigenvalue weighted by Gasteiger charge is -2.13. The first kappa shape index (κ1) is 9.98. The van der Waals surface area contributed by atoms with Crippen molar-refractivity contribution < 1.29 is 14.6 Å². The molecule has 0 spiro atoms. The van der Waals surface area contributed by atoms with Crippen LogP contribution in [0.3, 0.4) is 0 Å². The summed E-state index contributed by atoms with van der Waals surface area (Å²) in [5.74, 6) is 0.556. The highest BCUT2D eigenvalue weighted by atomic mass is 16.5. The number of hydrogen-bond donors (Lipinski definition) is 2. The fourth-order valence-corrected chi connectivity index (χ4v) is 1.82. The monoisotopic (exact) mass is 207 g/mol. The van der Waals surface area contributed by atoms with Crippen LogP contribution in [0, 0.1) is 0 Å². The van der Waals surface area contributed by atoms with Crippen molar-refractivity contribution in [1.82, 2.24) is 5.32 Å². The number of methoxy groups -OCH3 is 1. The van der Waals surface area contributed by atoms with Crippen LogP contribution in [0.5, 0.6) is 11.5 Å². The van der Waals surface area contributed by atoms with Crippen LogP contribution in [0.2, 0.25) is 0 Å². The van der Waals surface area contributed by atoms with Crippen LogP contribution >= 0.6 is 0 Å². The number of Topliss-reactive ketones (excluding diaryl/α,β-unsaturated/α-hetero) is 1. The van der Waals surface area contributed by atoms with Gasteiger partial charge in [0.1, 0.15) is 0 Å². The Morgan fingerprint density at radius 3 is 2.93 bits per heavy atom. The lowest BCUT2D eigenvalue weighted by molar-refractivity contribution is -0.118. The number of phenolic OH excluding ortho intramolecular Hbond substituents is 1. The van der Waals surface area contributed by atoms with Crippen LogP contribution in [0.4, 0.5) is 0 Å². The number of carbonyl (C=O) groups excluding carboxylic acids is 1. The largest absolute Gasteiger partial charge is 0.504 e. The third kappa shape index (κ3) is 1.68. The van der Waals surface area contributed by atoms with Crippen molar-refractivity contribution in [2.45, 2.75) is 12.5 Å². The summed E-state index contributed by atoms with van der Waals surface area (Å²) in [5, 5.41) is 12.9. The molecule has 1 aliphatic rings. The molecule has 2 N–H and O–H groups in total. The summed E-state index contributed by atoms with van der Waals surface area (Å²) >= 11 is 0. The molecule has 0 amide bonds. The van der Waals surface area contributed by atoms with Crippen LogP contribution in [0.1, 0.15) is 18.0 Å². The molecule has 0 bridgehead atoms. The van der Waals surface area contributed by atoms with E-state index in [-0.39, 0.29) is 17.6 Å². The van der Waals surface area contributed by atoms with Crippen molar-refractivity contribution in [3.05, 3.63) is 23.8 Å². The number of ketones is 1. The molecule has 0 aliphatic carbocycles. The van der Waals surface area contributed by atoms with Crippen molar-refractivity contribution in [1.29, 1.82) is 0 Å².